The summed E-state index contributed by atoms with van der Waals surface area (Å²) in [6, 6.07) is 9.91. The number of imide groups is 1. The molecule has 2 aromatic carbocycles. The predicted octanol–water partition coefficient (Wildman–Crippen LogP) is 4.43. The van der Waals surface area contributed by atoms with Crippen LogP contribution in [-0.4, -0.2) is 49.3 Å². The van der Waals surface area contributed by atoms with Crippen LogP contribution in [0.2, 0.25) is 5.02 Å². The molecule has 1 saturated heterocycles. The first-order valence-corrected chi connectivity index (χ1v) is 10.7. The van der Waals surface area contributed by atoms with Crippen LogP contribution >= 0.6 is 23.4 Å². The Bertz CT molecular complexity index is 1090. The zero-order valence-electron chi connectivity index (χ0n) is 17.6. The van der Waals surface area contributed by atoms with Gasteiger partial charge in [0.1, 0.15) is 12.3 Å². The Hall–Kier alpha value is -3.17. The largest absolute Gasteiger partial charge is 0.495 e. The molecule has 8 nitrogen and oxygen atoms in total. The number of halogens is 1. The smallest absolute Gasteiger partial charge is 0.294 e. The molecule has 1 heterocycles. The molecule has 1 aliphatic rings. The Morgan fingerprint density at radius 2 is 1.81 bits per heavy atom. The molecule has 2 aromatic rings. The van der Waals surface area contributed by atoms with E-state index in [1.807, 2.05) is 6.92 Å². The molecule has 0 aromatic heterocycles. The van der Waals surface area contributed by atoms with E-state index in [0.29, 0.717) is 40.1 Å². The maximum absolute atomic E-state index is 12.7. The maximum atomic E-state index is 12.7. The third-order valence-electron chi connectivity index (χ3n) is 4.40. The van der Waals surface area contributed by atoms with Crippen LogP contribution in [0.4, 0.5) is 10.5 Å². The van der Waals surface area contributed by atoms with Crippen LogP contribution in [0, 0.1) is 0 Å². The van der Waals surface area contributed by atoms with Gasteiger partial charge in [0.05, 0.1) is 30.8 Å². The number of thioether (sulfide) groups is 1. The Kier molecular flexibility index (Phi) is 7.66. The van der Waals surface area contributed by atoms with E-state index in [1.165, 1.54) is 20.3 Å². The van der Waals surface area contributed by atoms with Gasteiger partial charge in [-0.25, -0.2) is 0 Å². The third kappa shape index (κ3) is 5.35. The van der Waals surface area contributed by atoms with Gasteiger partial charge in [-0.3, -0.25) is 19.3 Å². The first kappa shape index (κ1) is 23.5. The lowest BCUT2D eigenvalue weighted by Crippen LogP contribution is -2.36. The molecule has 0 radical (unpaired) electrons. The average molecular weight is 477 g/mol. The zero-order valence-corrected chi connectivity index (χ0v) is 19.2. The SMILES string of the molecule is CCOc1cc(C=C2SC(=O)N(CC(=O)Nc3ccc(OC)c(Cl)c3)C2=O)ccc1OC. The number of methoxy groups -OCH3 is 2. The van der Waals surface area contributed by atoms with Gasteiger partial charge in [-0.05, 0) is 60.7 Å². The van der Waals surface area contributed by atoms with Gasteiger partial charge in [-0.2, -0.15) is 0 Å². The fourth-order valence-electron chi connectivity index (χ4n) is 2.93. The molecule has 0 atom stereocenters. The monoisotopic (exact) mass is 476 g/mol. The molecular weight excluding hydrogens is 456 g/mol. The van der Waals surface area contributed by atoms with Crippen LogP contribution in [-0.2, 0) is 9.59 Å². The standard InChI is InChI=1S/C22H21ClN2O6S/c1-4-31-18-9-13(5-7-17(18)30-3)10-19-21(27)25(22(28)32-19)12-20(26)24-14-6-8-16(29-2)15(23)11-14/h5-11H,4,12H2,1-3H3,(H,24,26). The van der Waals surface area contributed by atoms with Crippen molar-refractivity contribution in [3.8, 4) is 17.2 Å². The van der Waals surface area contributed by atoms with Crippen molar-refractivity contribution in [3.63, 3.8) is 0 Å². The Morgan fingerprint density at radius 3 is 2.47 bits per heavy atom. The molecule has 0 saturated carbocycles. The quantitative estimate of drug-likeness (QED) is 0.563. The summed E-state index contributed by atoms with van der Waals surface area (Å²) in [5.41, 5.74) is 1.09. The molecule has 0 spiro atoms. The van der Waals surface area contributed by atoms with Crippen LogP contribution in [0.15, 0.2) is 41.3 Å². The number of hydrogen-bond acceptors (Lipinski definition) is 7. The van der Waals surface area contributed by atoms with Crippen LogP contribution in [0.1, 0.15) is 12.5 Å². The van der Waals surface area contributed by atoms with Gasteiger partial charge in [0.2, 0.25) is 5.91 Å². The van der Waals surface area contributed by atoms with E-state index in [4.69, 9.17) is 25.8 Å². The molecule has 0 bridgehead atoms. The van der Waals surface area contributed by atoms with Crippen molar-refractivity contribution >= 4 is 52.2 Å². The number of carbonyl (C=O) groups is 3. The number of carbonyl (C=O) groups excluding carboxylic acids is 3. The minimum absolute atomic E-state index is 0.211. The van der Waals surface area contributed by atoms with E-state index in [-0.39, 0.29) is 4.91 Å². The highest BCUT2D eigenvalue weighted by molar-refractivity contribution is 8.18. The lowest BCUT2D eigenvalue weighted by atomic mass is 10.2. The second-order valence-corrected chi connectivity index (χ2v) is 7.91. The van der Waals surface area contributed by atoms with Gasteiger partial charge in [0.15, 0.2) is 11.5 Å². The summed E-state index contributed by atoms with van der Waals surface area (Å²) < 4.78 is 15.9. The molecular formula is C22H21ClN2O6S. The first-order valence-electron chi connectivity index (χ1n) is 9.55. The van der Waals surface area contributed by atoms with Crippen molar-refractivity contribution in [1.29, 1.82) is 0 Å². The Labute approximate surface area is 194 Å². The van der Waals surface area contributed by atoms with E-state index in [9.17, 15) is 14.4 Å². The van der Waals surface area contributed by atoms with Crippen molar-refractivity contribution in [3.05, 3.63) is 51.9 Å². The van der Waals surface area contributed by atoms with Gasteiger partial charge >= 0.3 is 0 Å². The molecule has 3 amide bonds. The number of rotatable bonds is 8. The van der Waals surface area contributed by atoms with Crippen LogP contribution < -0.4 is 19.5 Å². The molecule has 3 rings (SSSR count). The highest BCUT2D eigenvalue weighted by Crippen LogP contribution is 2.34. The van der Waals surface area contributed by atoms with E-state index < -0.39 is 23.6 Å². The van der Waals surface area contributed by atoms with Crippen molar-refractivity contribution in [2.24, 2.45) is 0 Å². The van der Waals surface area contributed by atoms with E-state index in [2.05, 4.69) is 5.32 Å². The first-order chi connectivity index (χ1) is 15.4. The van der Waals surface area contributed by atoms with E-state index in [1.54, 1.807) is 36.4 Å². The average Bonchev–Trinajstić information content (AvgIpc) is 3.01. The topological polar surface area (TPSA) is 94.2 Å². The van der Waals surface area contributed by atoms with Crippen LogP contribution in [0.25, 0.3) is 6.08 Å². The number of nitrogens with zero attached hydrogens (tertiary/aromatic N) is 1. The van der Waals surface area contributed by atoms with Crippen molar-refractivity contribution < 1.29 is 28.6 Å². The third-order valence-corrected chi connectivity index (χ3v) is 5.60. The molecule has 1 N–H and O–H groups in total. The summed E-state index contributed by atoms with van der Waals surface area (Å²) in [7, 11) is 3.02. The van der Waals surface area contributed by atoms with Crippen molar-refractivity contribution in [2.45, 2.75) is 6.92 Å². The van der Waals surface area contributed by atoms with E-state index >= 15 is 0 Å². The van der Waals surface area contributed by atoms with Gasteiger partial charge in [-0.15, -0.1) is 0 Å². The number of benzene rings is 2. The maximum Gasteiger partial charge on any atom is 0.294 e. The number of hydrogen-bond donors (Lipinski definition) is 1. The predicted molar refractivity (Wildman–Crippen MR) is 123 cm³/mol. The zero-order chi connectivity index (χ0) is 23.3. The van der Waals surface area contributed by atoms with Gasteiger partial charge in [0.25, 0.3) is 11.1 Å². The number of anilines is 1. The van der Waals surface area contributed by atoms with Gasteiger partial charge < -0.3 is 19.5 Å². The second-order valence-electron chi connectivity index (χ2n) is 6.51. The Balaban J connectivity index is 1.71. The normalized spacial score (nSPS) is 14.6. The molecule has 1 aliphatic heterocycles. The molecule has 168 valence electrons. The van der Waals surface area contributed by atoms with Crippen molar-refractivity contribution in [2.75, 3.05) is 32.7 Å². The summed E-state index contributed by atoms with van der Waals surface area (Å²) in [5, 5.41) is 2.42. The Morgan fingerprint density at radius 1 is 1.09 bits per heavy atom. The summed E-state index contributed by atoms with van der Waals surface area (Å²) in [6.07, 6.45) is 1.58. The molecule has 10 heteroatoms. The summed E-state index contributed by atoms with van der Waals surface area (Å²) in [5.74, 6) is 0.481. The minimum Gasteiger partial charge on any atom is -0.495 e. The van der Waals surface area contributed by atoms with Crippen molar-refractivity contribution in [1.82, 2.24) is 4.90 Å². The van der Waals surface area contributed by atoms with E-state index in [0.717, 1.165) is 16.7 Å². The fraction of sp³-hybridized carbons (Fsp3) is 0.227. The van der Waals surface area contributed by atoms with Crippen LogP contribution in [0.5, 0.6) is 17.2 Å². The number of nitrogens with one attached hydrogen (secondary N) is 1. The minimum atomic E-state index is -0.545. The molecule has 32 heavy (non-hydrogen) atoms. The van der Waals surface area contributed by atoms with Gasteiger partial charge in [0, 0.05) is 5.69 Å². The number of ether oxygens (including phenoxy) is 3. The fourth-order valence-corrected chi connectivity index (χ4v) is 4.02. The highest BCUT2D eigenvalue weighted by Gasteiger charge is 2.36. The molecule has 0 aliphatic carbocycles. The summed E-state index contributed by atoms with van der Waals surface area (Å²) >= 11 is 6.82. The lowest BCUT2D eigenvalue weighted by molar-refractivity contribution is -0.127. The van der Waals surface area contributed by atoms with Gasteiger partial charge in [-0.1, -0.05) is 17.7 Å². The molecule has 1 fully saturated rings. The summed E-state index contributed by atoms with van der Waals surface area (Å²) in [6.45, 7) is 1.88. The second kappa shape index (κ2) is 10.4. The van der Waals surface area contributed by atoms with Crippen LogP contribution in [0.3, 0.4) is 0 Å². The molecule has 0 unspecified atom stereocenters. The summed E-state index contributed by atoms with van der Waals surface area (Å²) in [4.78, 5) is 38.6. The number of amides is 3. The lowest BCUT2D eigenvalue weighted by Gasteiger charge is -2.13. The highest BCUT2D eigenvalue weighted by atomic mass is 35.5.